The van der Waals surface area contributed by atoms with Crippen LogP contribution in [0.5, 0.6) is 5.75 Å². The number of benzene rings is 2. The molecule has 0 saturated heterocycles. The number of aromatic hydroxyl groups is 1. The number of hydrogen-bond donors (Lipinski definition) is 5. The molecule has 37 heavy (non-hydrogen) atoms. The number of thiophene rings is 1. The summed E-state index contributed by atoms with van der Waals surface area (Å²) in [6, 6.07) is 6.81. The van der Waals surface area contributed by atoms with E-state index in [-0.39, 0.29) is 35.5 Å². The number of hydrogen-bond acceptors (Lipinski definition) is 6. The van der Waals surface area contributed by atoms with Gasteiger partial charge in [0, 0.05) is 12.1 Å². The lowest BCUT2D eigenvalue weighted by atomic mass is 9.97. The lowest BCUT2D eigenvalue weighted by molar-refractivity contribution is -0.139. The molecular formula is C25H23ClF2N2O6S. The molecule has 8 nitrogen and oxygen atoms in total. The maximum atomic E-state index is 14.1. The minimum Gasteiger partial charge on any atom is -0.503 e. The summed E-state index contributed by atoms with van der Waals surface area (Å²) in [5.74, 6) is -6.12. The number of aliphatic carboxylic acids is 1. The summed E-state index contributed by atoms with van der Waals surface area (Å²) in [4.78, 5) is 37.0. The van der Waals surface area contributed by atoms with Crippen LogP contribution in [0.25, 0.3) is 0 Å². The van der Waals surface area contributed by atoms with Crippen LogP contribution in [-0.4, -0.2) is 45.7 Å². The normalized spacial score (nSPS) is 12.6. The van der Waals surface area contributed by atoms with E-state index < -0.39 is 47.3 Å². The highest BCUT2D eigenvalue weighted by molar-refractivity contribution is 7.12. The Kier molecular flexibility index (Phi) is 9.19. The first-order chi connectivity index (χ1) is 17.5. The van der Waals surface area contributed by atoms with Crippen LogP contribution < -0.4 is 10.6 Å². The highest BCUT2D eigenvalue weighted by Gasteiger charge is 2.25. The van der Waals surface area contributed by atoms with Crippen molar-refractivity contribution < 1.29 is 38.5 Å². The average molecular weight is 553 g/mol. The van der Waals surface area contributed by atoms with E-state index in [1.807, 2.05) is 0 Å². The summed E-state index contributed by atoms with van der Waals surface area (Å²) in [6.07, 6.45) is -1.13. The third kappa shape index (κ3) is 6.82. The number of aliphatic hydroxyl groups excluding tert-OH is 1. The van der Waals surface area contributed by atoms with E-state index >= 15 is 0 Å². The van der Waals surface area contributed by atoms with E-state index in [1.54, 1.807) is 30.5 Å². The zero-order chi connectivity index (χ0) is 27.3. The zero-order valence-corrected chi connectivity index (χ0v) is 21.0. The molecule has 12 heteroatoms. The standard InChI is InChI=1S/C25H23ClF2N2O6S/c1-12-9-13(4-7-18(31)14-5-6-16(27)22(32)21(14)28)10-15(26)20(12)24(34)30-17(25(35)36)11-29-23(33)19-3-2-8-37-19/h2-3,5-6,8-10,17-18,31-32H,4,7,11H2,1H3,(H,29,33)(H,30,34)(H,35,36)/t17-,18?/m0/s1. The minimum absolute atomic E-state index is 0.00826. The molecule has 0 radical (unpaired) electrons. The maximum Gasteiger partial charge on any atom is 0.328 e. The molecule has 0 aliphatic carbocycles. The Bertz CT molecular complexity index is 1300. The molecule has 0 saturated carbocycles. The van der Waals surface area contributed by atoms with Crippen LogP contribution in [0, 0.1) is 18.6 Å². The summed E-state index contributed by atoms with van der Waals surface area (Å²) in [5, 5.41) is 35.7. The number of rotatable bonds is 10. The van der Waals surface area contributed by atoms with Gasteiger partial charge in [0.1, 0.15) is 6.04 Å². The van der Waals surface area contributed by atoms with E-state index in [2.05, 4.69) is 10.6 Å². The molecule has 1 heterocycles. The summed E-state index contributed by atoms with van der Waals surface area (Å²) in [5.41, 5.74) is 0.801. The number of halogens is 3. The van der Waals surface area contributed by atoms with Gasteiger partial charge in [-0.3, -0.25) is 9.59 Å². The Balaban J connectivity index is 1.66. The Morgan fingerprint density at radius 2 is 1.86 bits per heavy atom. The first kappa shape index (κ1) is 28.0. The van der Waals surface area contributed by atoms with Gasteiger partial charge < -0.3 is 26.0 Å². The van der Waals surface area contributed by atoms with Gasteiger partial charge in [-0.05, 0) is 54.5 Å². The molecule has 5 N–H and O–H groups in total. The number of nitrogens with one attached hydrogen (secondary N) is 2. The molecule has 3 aromatic rings. The SMILES string of the molecule is Cc1cc(CCC(O)c2ccc(F)c(O)c2F)cc(Cl)c1C(=O)N[C@@H](CNC(=O)c1cccs1)C(=O)O. The van der Waals surface area contributed by atoms with Crippen LogP contribution >= 0.6 is 22.9 Å². The molecule has 1 unspecified atom stereocenters. The molecule has 2 amide bonds. The van der Waals surface area contributed by atoms with Crippen molar-refractivity contribution in [2.45, 2.75) is 31.9 Å². The number of amides is 2. The van der Waals surface area contributed by atoms with Crippen LogP contribution in [0.4, 0.5) is 8.78 Å². The van der Waals surface area contributed by atoms with E-state index in [1.165, 1.54) is 17.4 Å². The predicted octanol–water partition coefficient (Wildman–Crippen LogP) is 3.97. The monoisotopic (exact) mass is 552 g/mol. The van der Waals surface area contributed by atoms with Crippen LogP contribution in [0.3, 0.4) is 0 Å². The number of carboxylic acid groups (broad SMARTS) is 1. The molecule has 1 aromatic heterocycles. The van der Waals surface area contributed by atoms with Crippen LogP contribution in [0.1, 0.15) is 49.2 Å². The second-order valence-electron chi connectivity index (χ2n) is 8.17. The number of carbonyl (C=O) groups excluding carboxylic acids is 2. The van der Waals surface area contributed by atoms with E-state index in [9.17, 15) is 38.5 Å². The molecule has 0 aliphatic rings. The third-order valence-corrected chi connectivity index (χ3v) is 6.72. The summed E-state index contributed by atoms with van der Waals surface area (Å²) >= 11 is 7.50. The number of phenolic OH excluding ortho intramolecular Hbond substituents is 1. The van der Waals surface area contributed by atoms with Crippen molar-refractivity contribution in [1.82, 2.24) is 10.6 Å². The molecular weight excluding hydrogens is 530 g/mol. The lowest BCUT2D eigenvalue weighted by Gasteiger charge is -2.18. The van der Waals surface area contributed by atoms with Crippen molar-refractivity contribution in [1.29, 1.82) is 0 Å². The highest BCUT2D eigenvalue weighted by Crippen LogP contribution is 2.30. The van der Waals surface area contributed by atoms with Gasteiger partial charge in [-0.2, -0.15) is 0 Å². The maximum absolute atomic E-state index is 14.1. The zero-order valence-electron chi connectivity index (χ0n) is 19.4. The molecule has 2 atom stereocenters. The number of carboxylic acids is 1. The molecule has 0 aliphatic heterocycles. The topological polar surface area (TPSA) is 136 Å². The van der Waals surface area contributed by atoms with Crippen molar-refractivity contribution in [3.05, 3.63) is 85.6 Å². The fourth-order valence-corrected chi connectivity index (χ4v) is 4.66. The van der Waals surface area contributed by atoms with Crippen molar-refractivity contribution in [3.8, 4) is 5.75 Å². The van der Waals surface area contributed by atoms with Crippen LogP contribution in [0.15, 0.2) is 41.8 Å². The molecule has 2 aromatic carbocycles. The Labute approximate surface area is 219 Å². The van der Waals surface area contributed by atoms with Crippen molar-refractivity contribution in [3.63, 3.8) is 0 Å². The molecule has 0 bridgehead atoms. The van der Waals surface area contributed by atoms with Gasteiger partial charge in [0.25, 0.3) is 11.8 Å². The summed E-state index contributed by atoms with van der Waals surface area (Å²) in [6.45, 7) is 1.24. The van der Waals surface area contributed by atoms with E-state index in [0.717, 1.165) is 12.1 Å². The molecule has 3 rings (SSSR count). The minimum atomic E-state index is -1.41. The van der Waals surface area contributed by atoms with Crippen LogP contribution in [-0.2, 0) is 11.2 Å². The fourth-order valence-electron chi connectivity index (χ4n) is 3.64. The quantitative estimate of drug-likeness (QED) is 0.258. The molecule has 0 spiro atoms. The Morgan fingerprint density at radius 1 is 1.14 bits per heavy atom. The predicted molar refractivity (Wildman–Crippen MR) is 133 cm³/mol. The van der Waals surface area contributed by atoms with Crippen molar-refractivity contribution in [2.75, 3.05) is 6.54 Å². The lowest BCUT2D eigenvalue weighted by Crippen LogP contribution is -2.48. The summed E-state index contributed by atoms with van der Waals surface area (Å²) in [7, 11) is 0. The second-order valence-corrected chi connectivity index (χ2v) is 9.53. The highest BCUT2D eigenvalue weighted by atomic mass is 35.5. The van der Waals surface area contributed by atoms with E-state index in [4.69, 9.17) is 11.6 Å². The first-order valence-electron chi connectivity index (χ1n) is 11.0. The number of phenols is 1. The Hall–Kier alpha value is -3.54. The van der Waals surface area contributed by atoms with Gasteiger partial charge >= 0.3 is 5.97 Å². The number of carbonyl (C=O) groups is 3. The van der Waals surface area contributed by atoms with Crippen molar-refractivity contribution in [2.24, 2.45) is 0 Å². The largest absolute Gasteiger partial charge is 0.503 e. The second kappa shape index (κ2) is 12.1. The van der Waals surface area contributed by atoms with Crippen LogP contribution in [0.2, 0.25) is 5.02 Å². The average Bonchev–Trinajstić information content (AvgIpc) is 3.38. The van der Waals surface area contributed by atoms with Gasteiger partial charge in [-0.15, -0.1) is 11.3 Å². The first-order valence-corrected chi connectivity index (χ1v) is 12.2. The smallest absolute Gasteiger partial charge is 0.328 e. The van der Waals surface area contributed by atoms with Gasteiger partial charge in [0.05, 0.1) is 21.6 Å². The van der Waals surface area contributed by atoms with Gasteiger partial charge in [0.15, 0.2) is 17.4 Å². The fraction of sp³-hybridized carbons (Fsp3) is 0.240. The summed E-state index contributed by atoms with van der Waals surface area (Å²) < 4.78 is 27.3. The van der Waals surface area contributed by atoms with Gasteiger partial charge in [-0.1, -0.05) is 29.8 Å². The number of aliphatic hydroxyl groups is 1. The Morgan fingerprint density at radius 3 is 2.49 bits per heavy atom. The molecule has 196 valence electrons. The third-order valence-electron chi connectivity index (χ3n) is 5.55. The molecule has 0 fully saturated rings. The van der Waals surface area contributed by atoms with Gasteiger partial charge in [0.2, 0.25) is 0 Å². The van der Waals surface area contributed by atoms with Gasteiger partial charge in [-0.25, -0.2) is 13.6 Å². The number of aryl methyl sites for hydroxylation is 2. The van der Waals surface area contributed by atoms with E-state index in [0.29, 0.717) is 16.0 Å². The van der Waals surface area contributed by atoms with Crippen molar-refractivity contribution >= 4 is 40.7 Å².